The molecule has 0 aromatic rings. The molecule has 1 N–H and O–H groups in total. The lowest BCUT2D eigenvalue weighted by Gasteiger charge is -2.24. The Kier molecular flexibility index (Phi) is 6.52. The van der Waals surface area contributed by atoms with E-state index in [2.05, 4.69) is 32.1 Å². The summed E-state index contributed by atoms with van der Waals surface area (Å²) in [5.41, 5.74) is 0. The maximum atomic E-state index is 12.8. The van der Waals surface area contributed by atoms with Gasteiger partial charge in [0.05, 0.1) is 5.33 Å². The maximum absolute atomic E-state index is 12.8. The number of hydrogen-bond acceptors (Lipinski definition) is 3. The standard InChI is InChI=1S/C6H11BrF2NO2PS/c1-3-4-10-13(14,11-2)12-6(8,9)5-7/h3H,1,4-5H2,2H3,(H,10,14). The molecule has 1 unspecified atom stereocenters. The first-order valence-electron chi connectivity index (χ1n) is 3.55. The van der Waals surface area contributed by atoms with Crippen LogP contribution in [-0.2, 0) is 20.9 Å². The minimum atomic E-state index is -3.33. The van der Waals surface area contributed by atoms with Crippen molar-refractivity contribution in [2.45, 2.75) is 6.11 Å². The molecule has 0 heterocycles. The van der Waals surface area contributed by atoms with Gasteiger partial charge in [0.1, 0.15) is 0 Å². The van der Waals surface area contributed by atoms with E-state index in [4.69, 9.17) is 16.3 Å². The second-order valence-electron chi connectivity index (χ2n) is 2.19. The van der Waals surface area contributed by atoms with Gasteiger partial charge in [-0.1, -0.05) is 22.0 Å². The van der Waals surface area contributed by atoms with Crippen molar-refractivity contribution in [1.82, 2.24) is 5.09 Å². The normalized spacial score (nSPS) is 16.3. The largest absolute Gasteiger partial charge is 0.371 e. The first kappa shape index (κ1) is 14.6. The van der Waals surface area contributed by atoms with Gasteiger partial charge in [-0.05, 0) is 11.8 Å². The van der Waals surface area contributed by atoms with Gasteiger partial charge in [0.15, 0.2) is 0 Å². The summed E-state index contributed by atoms with van der Waals surface area (Å²) in [6, 6.07) is 0. The highest BCUT2D eigenvalue weighted by atomic mass is 79.9. The monoisotopic (exact) mass is 309 g/mol. The van der Waals surface area contributed by atoms with Gasteiger partial charge in [0.2, 0.25) is 0 Å². The molecule has 0 aliphatic carbocycles. The van der Waals surface area contributed by atoms with Crippen molar-refractivity contribution < 1.29 is 17.8 Å². The molecule has 14 heavy (non-hydrogen) atoms. The zero-order chi connectivity index (χ0) is 11.2. The molecule has 0 aliphatic rings. The second kappa shape index (κ2) is 6.25. The van der Waals surface area contributed by atoms with Crippen LogP contribution in [0.4, 0.5) is 8.78 Å². The fraction of sp³-hybridized carbons (Fsp3) is 0.667. The summed E-state index contributed by atoms with van der Waals surface area (Å²) in [6.07, 6.45) is -1.85. The zero-order valence-corrected chi connectivity index (χ0v) is 10.8. The van der Waals surface area contributed by atoms with E-state index >= 15 is 0 Å². The lowest BCUT2D eigenvalue weighted by molar-refractivity contribution is -0.154. The third-order valence-electron chi connectivity index (χ3n) is 1.08. The van der Waals surface area contributed by atoms with Crippen LogP contribution in [0, 0.1) is 0 Å². The number of alkyl halides is 3. The Morgan fingerprint density at radius 1 is 1.71 bits per heavy atom. The molecule has 3 nitrogen and oxygen atoms in total. The highest BCUT2D eigenvalue weighted by Crippen LogP contribution is 2.48. The van der Waals surface area contributed by atoms with Gasteiger partial charge in [-0.15, -0.1) is 6.58 Å². The topological polar surface area (TPSA) is 30.5 Å². The van der Waals surface area contributed by atoms with Crippen LogP contribution in [-0.4, -0.2) is 25.1 Å². The molecule has 0 saturated heterocycles. The first-order chi connectivity index (χ1) is 6.39. The molecule has 0 radical (unpaired) electrons. The summed E-state index contributed by atoms with van der Waals surface area (Å²) in [4.78, 5) is 0. The highest BCUT2D eigenvalue weighted by molar-refractivity contribution is 9.09. The Labute approximate surface area is 95.2 Å². The van der Waals surface area contributed by atoms with Crippen LogP contribution >= 0.6 is 22.6 Å². The van der Waals surface area contributed by atoms with Crippen LogP contribution in [0.3, 0.4) is 0 Å². The van der Waals surface area contributed by atoms with E-state index in [1.165, 1.54) is 13.2 Å². The molecule has 0 aromatic carbocycles. The van der Waals surface area contributed by atoms with Gasteiger partial charge >= 0.3 is 6.11 Å². The number of rotatable bonds is 7. The van der Waals surface area contributed by atoms with Gasteiger partial charge < -0.3 is 4.52 Å². The molecular formula is C6H11BrF2NO2PS. The fourth-order valence-corrected chi connectivity index (χ4v) is 2.39. The summed E-state index contributed by atoms with van der Waals surface area (Å²) < 4.78 is 34.7. The molecule has 84 valence electrons. The molecule has 0 amide bonds. The molecule has 0 aromatic heterocycles. The molecule has 0 fully saturated rings. The third-order valence-corrected chi connectivity index (χ3v) is 4.35. The lowest BCUT2D eigenvalue weighted by Crippen LogP contribution is -2.26. The van der Waals surface area contributed by atoms with E-state index in [9.17, 15) is 8.78 Å². The molecule has 0 bridgehead atoms. The first-order valence-corrected chi connectivity index (χ1v) is 7.31. The van der Waals surface area contributed by atoms with Gasteiger partial charge in [-0.25, -0.2) is 5.09 Å². The van der Waals surface area contributed by atoms with E-state index in [1.807, 2.05) is 0 Å². The SMILES string of the molecule is C=CCNP(=S)(OC)OC(F)(F)CBr. The van der Waals surface area contributed by atoms with E-state index in [0.29, 0.717) is 0 Å². The Morgan fingerprint density at radius 3 is 2.64 bits per heavy atom. The van der Waals surface area contributed by atoms with Gasteiger partial charge in [-0.3, -0.25) is 4.52 Å². The van der Waals surface area contributed by atoms with Crippen LogP contribution in [0.25, 0.3) is 0 Å². The Hall–Kier alpha value is 0.610. The van der Waals surface area contributed by atoms with Gasteiger partial charge in [0, 0.05) is 13.7 Å². The zero-order valence-electron chi connectivity index (χ0n) is 7.50. The minimum Gasteiger partial charge on any atom is -0.321 e. The Bertz CT molecular complexity index is 242. The Morgan fingerprint density at radius 2 is 2.29 bits per heavy atom. The molecule has 0 rings (SSSR count). The number of nitrogens with one attached hydrogen (secondary N) is 1. The Balaban J connectivity index is 4.39. The van der Waals surface area contributed by atoms with Crippen molar-refractivity contribution >= 4 is 34.4 Å². The quantitative estimate of drug-likeness (QED) is 0.445. The predicted octanol–water partition coefficient (Wildman–Crippen LogP) is 2.64. The average Bonchev–Trinajstić information content (AvgIpc) is 2.14. The summed E-state index contributed by atoms with van der Waals surface area (Å²) in [5, 5.41) is 1.92. The number of halogens is 3. The number of hydrogen-bond donors (Lipinski definition) is 1. The summed E-state index contributed by atoms with van der Waals surface area (Å²) >= 11 is 7.40. The second-order valence-corrected chi connectivity index (χ2v) is 6.05. The van der Waals surface area contributed by atoms with Crippen LogP contribution in [0.5, 0.6) is 0 Å². The van der Waals surface area contributed by atoms with Crippen molar-refractivity contribution in [3.8, 4) is 0 Å². The van der Waals surface area contributed by atoms with Crippen molar-refractivity contribution in [2.75, 3.05) is 19.0 Å². The molecule has 1 atom stereocenters. The fourth-order valence-electron chi connectivity index (χ4n) is 0.511. The lowest BCUT2D eigenvalue weighted by atomic mass is 10.7. The molecular weight excluding hydrogens is 299 g/mol. The predicted molar refractivity (Wildman–Crippen MR) is 59.3 cm³/mol. The maximum Gasteiger partial charge on any atom is 0.371 e. The highest BCUT2D eigenvalue weighted by Gasteiger charge is 2.36. The van der Waals surface area contributed by atoms with Crippen molar-refractivity contribution in [2.24, 2.45) is 0 Å². The van der Waals surface area contributed by atoms with E-state index < -0.39 is 18.1 Å². The average molecular weight is 310 g/mol. The van der Waals surface area contributed by atoms with E-state index in [-0.39, 0.29) is 6.54 Å². The molecule has 8 heteroatoms. The van der Waals surface area contributed by atoms with Crippen LogP contribution in [0.1, 0.15) is 0 Å². The third kappa shape index (κ3) is 5.48. The summed E-state index contributed by atoms with van der Waals surface area (Å²) in [5.74, 6) is 0. The minimum absolute atomic E-state index is 0.253. The van der Waals surface area contributed by atoms with Gasteiger partial charge in [0.25, 0.3) is 6.64 Å². The summed E-state index contributed by atoms with van der Waals surface area (Å²) in [7, 11) is 1.22. The smallest absolute Gasteiger partial charge is 0.321 e. The van der Waals surface area contributed by atoms with Crippen molar-refractivity contribution in [3.63, 3.8) is 0 Å². The molecule has 0 aliphatic heterocycles. The van der Waals surface area contributed by atoms with Crippen molar-refractivity contribution in [1.29, 1.82) is 0 Å². The van der Waals surface area contributed by atoms with Gasteiger partial charge in [-0.2, -0.15) is 8.78 Å². The molecule has 0 saturated carbocycles. The van der Waals surface area contributed by atoms with Crippen LogP contribution < -0.4 is 5.09 Å². The summed E-state index contributed by atoms with van der Waals surface area (Å²) in [6.45, 7) is 0.547. The van der Waals surface area contributed by atoms with Crippen LogP contribution in [0.15, 0.2) is 12.7 Å². The van der Waals surface area contributed by atoms with E-state index in [0.717, 1.165) is 0 Å². The van der Waals surface area contributed by atoms with E-state index in [1.54, 1.807) is 0 Å². The molecule has 0 spiro atoms. The van der Waals surface area contributed by atoms with Crippen LogP contribution in [0.2, 0.25) is 0 Å². The van der Waals surface area contributed by atoms with Crippen molar-refractivity contribution in [3.05, 3.63) is 12.7 Å².